The number of hydrogen-bond donors (Lipinski definition) is 1. The average Bonchev–Trinajstić information content (AvgIpc) is 2.18. The number of benzene rings is 1. The molecule has 0 aliphatic heterocycles. The fourth-order valence-corrected chi connectivity index (χ4v) is 1.73. The van der Waals surface area contributed by atoms with Crippen LogP contribution in [0.3, 0.4) is 0 Å². The van der Waals surface area contributed by atoms with E-state index in [4.69, 9.17) is 11.6 Å². The molecule has 1 aromatic carbocycles. The molecule has 0 unspecified atom stereocenters. The zero-order valence-corrected chi connectivity index (χ0v) is 9.64. The van der Waals surface area contributed by atoms with E-state index in [1.165, 1.54) is 18.4 Å². The van der Waals surface area contributed by atoms with Crippen LogP contribution < -0.4 is 5.32 Å². The molecule has 1 aromatic rings. The van der Waals surface area contributed by atoms with E-state index in [0.29, 0.717) is 6.04 Å². The maximum atomic E-state index is 6.09. The van der Waals surface area contributed by atoms with Gasteiger partial charge in [0.05, 0.1) is 0 Å². The fourth-order valence-electron chi connectivity index (χ4n) is 1.43. The molecule has 2 heteroatoms. The summed E-state index contributed by atoms with van der Waals surface area (Å²) in [6.07, 6.45) is 2.44. The lowest BCUT2D eigenvalue weighted by Crippen LogP contribution is -2.19. The van der Waals surface area contributed by atoms with Crippen molar-refractivity contribution in [3.63, 3.8) is 0 Å². The lowest BCUT2D eigenvalue weighted by molar-refractivity contribution is 0.554. The van der Waals surface area contributed by atoms with Gasteiger partial charge in [0.15, 0.2) is 0 Å². The van der Waals surface area contributed by atoms with E-state index in [2.05, 4.69) is 25.2 Å². The van der Waals surface area contributed by atoms with Crippen molar-refractivity contribution in [2.45, 2.75) is 32.7 Å². The topological polar surface area (TPSA) is 12.0 Å². The first kappa shape index (κ1) is 11.5. The Bertz CT molecular complexity index is 273. The summed E-state index contributed by atoms with van der Waals surface area (Å²) in [4.78, 5) is 0. The number of rotatable bonds is 5. The molecule has 0 saturated carbocycles. The fraction of sp³-hybridized carbons (Fsp3) is 0.500. The molecule has 1 atom stereocenters. The molecular weight excluding hydrogens is 194 g/mol. The van der Waals surface area contributed by atoms with Crippen molar-refractivity contribution in [3.8, 4) is 0 Å². The summed E-state index contributed by atoms with van der Waals surface area (Å²) in [5, 5.41) is 4.31. The van der Waals surface area contributed by atoms with Crippen LogP contribution in [0.5, 0.6) is 0 Å². The van der Waals surface area contributed by atoms with Crippen LogP contribution >= 0.6 is 11.6 Å². The lowest BCUT2D eigenvalue weighted by atomic mass is 10.1. The molecule has 0 aliphatic carbocycles. The molecule has 0 aliphatic rings. The number of unbranched alkanes of at least 4 members (excludes halogenated alkanes) is 1. The minimum atomic E-state index is 0.343. The van der Waals surface area contributed by atoms with Crippen LogP contribution in [0.1, 0.15) is 38.3 Å². The Hall–Kier alpha value is -0.530. The van der Waals surface area contributed by atoms with E-state index in [9.17, 15) is 0 Å². The first-order valence-corrected chi connectivity index (χ1v) is 5.61. The number of hydrogen-bond acceptors (Lipinski definition) is 1. The van der Waals surface area contributed by atoms with Gasteiger partial charge in [0, 0.05) is 11.1 Å². The maximum Gasteiger partial charge on any atom is 0.0453 e. The molecule has 0 spiro atoms. The van der Waals surface area contributed by atoms with Crippen LogP contribution in [-0.2, 0) is 0 Å². The van der Waals surface area contributed by atoms with Gasteiger partial charge in [-0.2, -0.15) is 0 Å². The van der Waals surface area contributed by atoms with Gasteiger partial charge in [-0.3, -0.25) is 0 Å². The van der Waals surface area contributed by atoms with Crippen LogP contribution in [0, 0.1) is 0 Å². The normalized spacial score (nSPS) is 12.8. The quantitative estimate of drug-likeness (QED) is 0.731. The van der Waals surface area contributed by atoms with E-state index in [0.717, 1.165) is 11.6 Å². The Labute approximate surface area is 91.5 Å². The van der Waals surface area contributed by atoms with Gasteiger partial charge in [0.25, 0.3) is 0 Å². The highest BCUT2D eigenvalue weighted by molar-refractivity contribution is 6.31. The minimum Gasteiger partial charge on any atom is -0.310 e. The van der Waals surface area contributed by atoms with E-state index < -0.39 is 0 Å². The largest absolute Gasteiger partial charge is 0.310 e. The summed E-state index contributed by atoms with van der Waals surface area (Å²) < 4.78 is 0. The lowest BCUT2D eigenvalue weighted by Gasteiger charge is -2.15. The molecule has 0 heterocycles. The van der Waals surface area contributed by atoms with Crippen LogP contribution in [0.4, 0.5) is 0 Å². The molecule has 0 amide bonds. The van der Waals surface area contributed by atoms with Crippen molar-refractivity contribution in [1.29, 1.82) is 0 Å². The van der Waals surface area contributed by atoms with Crippen molar-refractivity contribution < 1.29 is 0 Å². The van der Waals surface area contributed by atoms with Crippen LogP contribution in [0.25, 0.3) is 0 Å². The molecule has 1 N–H and O–H groups in total. The van der Waals surface area contributed by atoms with Crippen molar-refractivity contribution in [2.75, 3.05) is 6.54 Å². The zero-order chi connectivity index (χ0) is 10.4. The molecule has 78 valence electrons. The summed E-state index contributed by atoms with van der Waals surface area (Å²) in [6.45, 7) is 5.40. The molecule has 0 aromatic heterocycles. The third-order valence-corrected chi connectivity index (χ3v) is 2.70. The third-order valence-electron chi connectivity index (χ3n) is 2.35. The van der Waals surface area contributed by atoms with E-state index in [-0.39, 0.29) is 0 Å². The van der Waals surface area contributed by atoms with Gasteiger partial charge in [-0.1, -0.05) is 43.1 Å². The molecule has 1 rings (SSSR count). The highest BCUT2D eigenvalue weighted by Crippen LogP contribution is 2.21. The molecule has 0 fully saturated rings. The predicted octanol–water partition coefficient (Wildman–Crippen LogP) is 3.79. The summed E-state index contributed by atoms with van der Waals surface area (Å²) in [7, 11) is 0. The second-order valence-electron chi connectivity index (χ2n) is 3.55. The maximum absolute atomic E-state index is 6.09. The van der Waals surface area contributed by atoms with Crippen molar-refractivity contribution in [1.82, 2.24) is 5.32 Å². The first-order chi connectivity index (χ1) is 6.75. The molecule has 0 bridgehead atoms. The van der Waals surface area contributed by atoms with Gasteiger partial charge in [0.1, 0.15) is 0 Å². The number of nitrogens with one attached hydrogen (secondary N) is 1. The van der Waals surface area contributed by atoms with Crippen molar-refractivity contribution >= 4 is 11.6 Å². The van der Waals surface area contributed by atoms with Gasteiger partial charge >= 0.3 is 0 Å². The summed E-state index contributed by atoms with van der Waals surface area (Å²) in [5.41, 5.74) is 1.19. The van der Waals surface area contributed by atoms with Crippen molar-refractivity contribution in [2.24, 2.45) is 0 Å². The van der Waals surface area contributed by atoms with Gasteiger partial charge in [-0.25, -0.2) is 0 Å². The Morgan fingerprint density at radius 3 is 2.71 bits per heavy atom. The number of halogens is 1. The van der Waals surface area contributed by atoms with Gasteiger partial charge in [-0.15, -0.1) is 0 Å². The van der Waals surface area contributed by atoms with Gasteiger partial charge in [-0.05, 0) is 31.5 Å². The van der Waals surface area contributed by atoms with Crippen LogP contribution in [-0.4, -0.2) is 6.54 Å². The Kier molecular flexibility index (Phi) is 4.99. The Balaban J connectivity index is 2.51. The Morgan fingerprint density at radius 1 is 1.36 bits per heavy atom. The summed E-state index contributed by atoms with van der Waals surface area (Å²) >= 11 is 6.09. The highest BCUT2D eigenvalue weighted by atomic mass is 35.5. The minimum absolute atomic E-state index is 0.343. The monoisotopic (exact) mass is 211 g/mol. The van der Waals surface area contributed by atoms with Crippen LogP contribution in [0.15, 0.2) is 24.3 Å². The molecule has 1 nitrogen and oxygen atoms in total. The molecular formula is C12H18ClN. The molecule has 14 heavy (non-hydrogen) atoms. The van der Waals surface area contributed by atoms with Gasteiger partial charge < -0.3 is 5.32 Å². The smallest absolute Gasteiger partial charge is 0.0453 e. The van der Waals surface area contributed by atoms with Crippen LogP contribution in [0.2, 0.25) is 5.02 Å². The SMILES string of the molecule is CCCCN[C@H](C)c1ccccc1Cl. The standard InChI is InChI=1S/C12H18ClN/c1-3-4-9-14-10(2)11-7-5-6-8-12(11)13/h5-8,10,14H,3-4,9H2,1-2H3/t10-/m1/s1. The predicted molar refractivity (Wildman–Crippen MR) is 62.8 cm³/mol. The van der Waals surface area contributed by atoms with Gasteiger partial charge in [0.2, 0.25) is 0 Å². The van der Waals surface area contributed by atoms with E-state index >= 15 is 0 Å². The average molecular weight is 212 g/mol. The summed E-state index contributed by atoms with van der Waals surface area (Å²) in [5.74, 6) is 0. The Morgan fingerprint density at radius 2 is 2.07 bits per heavy atom. The van der Waals surface area contributed by atoms with E-state index in [1.54, 1.807) is 0 Å². The first-order valence-electron chi connectivity index (χ1n) is 5.23. The molecule has 0 saturated heterocycles. The third kappa shape index (κ3) is 3.32. The highest BCUT2D eigenvalue weighted by Gasteiger charge is 2.06. The van der Waals surface area contributed by atoms with Crippen molar-refractivity contribution in [3.05, 3.63) is 34.9 Å². The molecule has 0 radical (unpaired) electrons. The zero-order valence-electron chi connectivity index (χ0n) is 8.89. The second kappa shape index (κ2) is 6.05. The van der Waals surface area contributed by atoms with E-state index in [1.807, 2.05) is 18.2 Å². The second-order valence-corrected chi connectivity index (χ2v) is 3.96. The summed E-state index contributed by atoms with van der Waals surface area (Å²) in [6, 6.07) is 8.35.